The molecule has 1 aromatic heterocycles. The molecule has 2 heterocycles. The van der Waals surface area contributed by atoms with E-state index in [4.69, 9.17) is 4.74 Å². The molecule has 0 saturated carbocycles. The first-order chi connectivity index (χ1) is 7.83. The Morgan fingerprint density at radius 1 is 1.38 bits per heavy atom. The van der Waals surface area contributed by atoms with E-state index in [9.17, 15) is 4.39 Å². The van der Waals surface area contributed by atoms with Gasteiger partial charge in [-0.1, -0.05) is 0 Å². The molecular weight excluding hydrogens is 207 g/mol. The first kappa shape index (κ1) is 9.78. The molecule has 4 heteroatoms. The minimum atomic E-state index is -0.243. The molecule has 0 amide bonds. The van der Waals surface area contributed by atoms with Crippen LogP contribution in [0.15, 0.2) is 18.2 Å². The van der Waals surface area contributed by atoms with Crippen molar-refractivity contribution in [3.8, 4) is 0 Å². The maximum atomic E-state index is 13.0. The highest BCUT2D eigenvalue weighted by atomic mass is 19.1. The van der Waals surface area contributed by atoms with Gasteiger partial charge in [-0.05, 0) is 37.5 Å². The van der Waals surface area contributed by atoms with Crippen molar-refractivity contribution in [1.82, 2.24) is 9.97 Å². The summed E-state index contributed by atoms with van der Waals surface area (Å²) in [5.41, 5.74) is 1.54. The van der Waals surface area contributed by atoms with Gasteiger partial charge in [0.1, 0.15) is 17.7 Å². The van der Waals surface area contributed by atoms with Gasteiger partial charge in [0.2, 0.25) is 0 Å². The number of H-pyrrole nitrogens is 1. The van der Waals surface area contributed by atoms with E-state index < -0.39 is 0 Å². The van der Waals surface area contributed by atoms with Gasteiger partial charge in [0, 0.05) is 6.61 Å². The number of imidazole rings is 1. The molecule has 1 aliphatic heterocycles. The van der Waals surface area contributed by atoms with Crippen LogP contribution in [0.2, 0.25) is 0 Å². The Balaban J connectivity index is 1.97. The fourth-order valence-electron chi connectivity index (χ4n) is 2.11. The number of hydrogen-bond donors (Lipinski definition) is 1. The Kier molecular flexibility index (Phi) is 2.36. The molecule has 1 aromatic carbocycles. The number of aromatic nitrogens is 2. The van der Waals surface area contributed by atoms with Gasteiger partial charge in [-0.3, -0.25) is 0 Å². The van der Waals surface area contributed by atoms with Crippen LogP contribution in [0.1, 0.15) is 31.2 Å². The first-order valence-corrected chi connectivity index (χ1v) is 5.60. The third-order valence-corrected chi connectivity index (χ3v) is 2.95. The van der Waals surface area contributed by atoms with E-state index in [1.165, 1.54) is 12.1 Å². The van der Waals surface area contributed by atoms with Crippen molar-refractivity contribution in [3.63, 3.8) is 0 Å². The fraction of sp³-hybridized carbons (Fsp3) is 0.417. The van der Waals surface area contributed by atoms with E-state index in [0.717, 1.165) is 42.7 Å². The van der Waals surface area contributed by atoms with Crippen LogP contribution in [-0.2, 0) is 4.74 Å². The molecule has 1 fully saturated rings. The molecule has 0 bridgehead atoms. The summed E-state index contributed by atoms with van der Waals surface area (Å²) in [5.74, 6) is 0.576. The highest BCUT2D eigenvalue weighted by molar-refractivity contribution is 5.75. The number of benzene rings is 1. The van der Waals surface area contributed by atoms with Gasteiger partial charge in [-0.15, -0.1) is 0 Å². The normalized spacial score (nSPS) is 21.4. The van der Waals surface area contributed by atoms with E-state index >= 15 is 0 Å². The van der Waals surface area contributed by atoms with Gasteiger partial charge in [0.05, 0.1) is 11.0 Å². The van der Waals surface area contributed by atoms with Crippen molar-refractivity contribution in [1.29, 1.82) is 0 Å². The highest BCUT2D eigenvalue weighted by Crippen LogP contribution is 2.27. The number of ether oxygens (including phenoxy) is 1. The number of rotatable bonds is 1. The summed E-state index contributed by atoms with van der Waals surface area (Å²) in [6.45, 7) is 0.788. The van der Waals surface area contributed by atoms with E-state index in [0.29, 0.717) is 0 Å². The van der Waals surface area contributed by atoms with Crippen LogP contribution < -0.4 is 0 Å². The Labute approximate surface area is 92.6 Å². The number of halogens is 1. The maximum absolute atomic E-state index is 13.0. The Morgan fingerprint density at radius 3 is 3.12 bits per heavy atom. The van der Waals surface area contributed by atoms with Crippen molar-refractivity contribution in [2.45, 2.75) is 25.4 Å². The Bertz CT molecular complexity index is 503. The van der Waals surface area contributed by atoms with Crippen molar-refractivity contribution < 1.29 is 9.13 Å². The zero-order valence-corrected chi connectivity index (χ0v) is 8.87. The van der Waals surface area contributed by atoms with Crippen molar-refractivity contribution >= 4 is 11.0 Å². The number of hydrogen-bond acceptors (Lipinski definition) is 2. The summed E-state index contributed by atoms with van der Waals surface area (Å²) in [6.07, 6.45) is 3.31. The van der Waals surface area contributed by atoms with Gasteiger partial charge in [0.25, 0.3) is 0 Å². The quantitative estimate of drug-likeness (QED) is 0.802. The van der Waals surface area contributed by atoms with Gasteiger partial charge >= 0.3 is 0 Å². The summed E-state index contributed by atoms with van der Waals surface area (Å²) in [5, 5.41) is 0. The van der Waals surface area contributed by atoms with Crippen LogP contribution in [0.25, 0.3) is 11.0 Å². The van der Waals surface area contributed by atoms with Crippen LogP contribution in [0.4, 0.5) is 4.39 Å². The minimum absolute atomic E-state index is 0.0456. The molecule has 0 aliphatic carbocycles. The molecule has 1 N–H and O–H groups in total. The number of nitrogens with zero attached hydrogens (tertiary/aromatic N) is 1. The van der Waals surface area contributed by atoms with E-state index in [-0.39, 0.29) is 11.9 Å². The summed E-state index contributed by atoms with van der Waals surface area (Å²) in [6, 6.07) is 4.58. The molecule has 0 radical (unpaired) electrons. The lowest BCUT2D eigenvalue weighted by Gasteiger charge is -2.20. The average molecular weight is 220 g/mol. The largest absolute Gasteiger partial charge is 0.370 e. The SMILES string of the molecule is Fc1ccc2nc(C3CCCCO3)[nH]c2c1. The number of fused-ring (bicyclic) bond motifs is 1. The highest BCUT2D eigenvalue weighted by Gasteiger charge is 2.19. The lowest BCUT2D eigenvalue weighted by Crippen LogP contribution is -2.12. The van der Waals surface area contributed by atoms with Crippen LogP contribution in [0, 0.1) is 5.82 Å². The predicted octanol–water partition coefficient (Wildman–Crippen LogP) is 2.94. The molecule has 3 nitrogen and oxygen atoms in total. The zero-order chi connectivity index (χ0) is 11.0. The molecule has 1 saturated heterocycles. The third-order valence-electron chi connectivity index (χ3n) is 2.95. The number of aromatic amines is 1. The van der Waals surface area contributed by atoms with Crippen LogP contribution in [0.5, 0.6) is 0 Å². The molecule has 16 heavy (non-hydrogen) atoms. The lowest BCUT2D eigenvalue weighted by molar-refractivity contribution is 0.0101. The van der Waals surface area contributed by atoms with Crippen molar-refractivity contribution in [2.24, 2.45) is 0 Å². The van der Waals surface area contributed by atoms with Crippen LogP contribution in [0.3, 0.4) is 0 Å². The van der Waals surface area contributed by atoms with Crippen molar-refractivity contribution in [2.75, 3.05) is 6.61 Å². The molecular formula is C12H13FN2O. The van der Waals surface area contributed by atoms with Gasteiger partial charge in [-0.2, -0.15) is 0 Å². The lowest BCUT2D eigenvalue weighted by atomic mass is 10.1. The van der Waals surface area contributed by atoms with Crippen LogP contribution >= 0.6 is 0 Å². The third kappa shape index (κ3) is 1.69. The summed E-state index contributed by atoms with van der Waals surface area (Å²) < 4.78 is 18.6. The van der Waals surface area contributed by atoms with Gasteiger partial charge in [0.15, 0.2) is 0 Å². The first-order valence-electron chi connectivity index (χ1n) is 5.60. The predicted molar refractivity (Wildman–Crippen MR) is 58.6 cm³/mol. The second kappa shape index (κ2) is 3.87. The Hall–Kier alpha value is -1.42. The molecule has 84 valence electrons. The number of nitrogens with one attached hydrogen (secondary N) is 1. The summed E-state index contributed by atoms with van der Waals surface area (Å²) in [7, 11) is 0. The van der Waals surface area contributed by atoms with Gasteiger partial charge in [-0.25, -0.2) is 9.37 Å². The van der Waals surface area contributed by atoms with E-state index in [2.05, 4.69) is 9.97 Å². The average Bonchev–Trinajstić information content (AvgIpc) is 2.73. The fourth-order valence-corrected chi connectivity index (χ4v) is 2.11. The van der Waals surface area contributed by atoms with Crippen LogP contribution in [-0.4, -0.2) is 16.6 Å². The molecule has 3 rings (SSSR count). The standard InChI is InChI=1S/C12H13FN2O/c13-8-4-5-9-10(7-8)15-12(14-9)11-3-1-2-6-16-11/h4-5,7,11H,1-3,6H2,(H,14,15). The molecule has 1 unspecified atom stereocenters. The minimum Gasteiger partial charge on any atom is -0.370 e. The molecule has 1 aliphatic rings. The van der Waals surface area contributed by atoms with E-state index in [1.807, 2.05) is 0 Å². The zero-order valence-electron chi connectivity index (χ0n) is 8.87. The monoisotopic (exact) mass is 220 g/mol. The van der Waals surface area contributed by atoms with Crippen molar-refractivity contribution in [3.05, 3.63) is 29.8 Å². The maximum Gasteiger partial charge on any atom is 0.136 e. The summed E-state index contributed by atoms with van der Waals surface area (Å²) >= 11 is 0. The molecule has 0 spiro atoms. The summed E-state index contributed by atoms with van der Waals surface area (Å²) in [4.78, 5) is 7.56. The topological polar surface area (TPSA) is 37.9 Å². The Morgan fingerprint density at radius 2 is 2.31 bits per heavy atom. The van der Waals surface area contributed by atoms with E-state index in [1.54, 1.807) is 6.07 Å². The van der Waals surface area contributed by atoms with Gasteiger partial charge < -0.3 is 9.72 Å². The second-order valence-corrected chi connectivity index (χ2v) is 4.14. The smallest absolute Gasteiger partial charge is 0.136 e. The molecule has 2 aromatic rings. The molecule has 1 atom stereocenters. The second-order valence-electron chi connectivity index (χ2n) is 4.14.